The molecule has 1 aliphatic rings. The van der Waals surface area contributed by atoms with Crippen molar-refractivity contribution in [2.45, 2.75) is 19.0 Å². The van der Waals surface area contributed by atoms with Gasteiger partial charge in [-0.05, 0) is 36.6 Å². The van der Waals surface area contributed by atoms with Crippen LogP contribution in [0.2, 0.25) is 0 Å². The number of carbonyl (C=O) groups is 2. The summed E-state index contributed by atoms with van der Waals surface area (Å²) in [4.78, 5) is 19.6. The van der Waals surface area contributed by atoms with Crippen LogP contribution in [0.5, 0.6) is 0 Å². The molecular weight excluding hydrogens is 279 g/mol. The van der Waals surface area contributed by atoms with Gasteiger partial charge in [-0.25, -0.2) is 9.59 Å². The lowest BCUT2D eigenvalue weighted by Crippen LogP contribution is -2.21. The summed E-state index contributed by atoms with van der Waals surface area (Å²) in [7, 11) is 0. The van der Waals surface area contributed by atoms with Crippen molar-refractivity contribution in [1.82, 2.24) is 0 Å². The standard InChI is InChI=1S/C10H11NO2.C2HF3O2/c12-10(13)8-3-4-9-7(6-8)2-1-5-11-9;3-2(4,5)1(6)7/h3-4,6,11H,1-2,5H2,(H,12,13);(H,6,7). The first kappa shape index (κ1) is 15.8. The van der Waals surface area contributed by atoms with E-state index < -0.39 is 18.1 Å². The Bertz CT molecular complexity index is 514. The summed E-state index contributed by atoms with van der Waals surface area (Å²) in [6.45, 7) is 0.986. The van der Waals surface area contributed by atoms with Gasteiger partial charge in [0.2, 0.25) is 0 Å². The molecule has 5 nitrogen and oxygen atoms in total. The molecule has 20 heavy (non-hydrogen) atoms. The van der Waals surface area contributed by atoms with Gasteiger partial charge in [0, 0.05) is 12.2 Å². The predicted molar refractivity (Wildman–Crippen MR) is 63.9 cm³/mol. The van der Waals surface area contributed by atoms with Crippen molar-refractivity contribution in [3.05, 3.63) is 29.3 Å². The van der Waals surface area contributed by atoms with E-state index in [0.717, 1.165) is 30.6 Å². The minimum Gasteiger partial charge on any atom is -0.478 e. The monoisotopic (exact) mass is 291 g/mol. The van der Waals surface area contributed by atoms with Crippen LogP contribution in [0.15, 0.2) is 18.2 Å². The Morgan fingerprint density at radius 3 is 2.30 bits per heavy atom. The molecule has 0 bridgehead atoms. The fourth-order valence-electron chi connectivity index (χ4n) is 1.61. The second-order valence-corrected chi connectivity index (χ2v) is 4.01. The Kier molecular flexibility index (Phi) is 4.95. The lowest BCUT2D eigenvalue weighted by atomic mass is 10.0. The number of carboxylic acid groups (broad SMARTS) is 2. The van der Waals surface area contributed by atoms with Gasteiger partial charge < -0.3 is 15.5 Å². The molecule has 3 N–H and O–H groups in total. The molecule has 1 heterocycles. The molecule has 0 aromatic heterocycles. The van der Waals surface area contributed by atoms with Gasteiger partial charge in [-0.1, -0.05) is 0 Å². The first-order chi connectivity index (χ1) is 9.21. The number of fused-ring (bicyclic) bond motifs is 1. The van der Waals surface area contributed by atoms with Gasteiger partial charge >= 0.3 is 18.1 Å². The molecule has 0 amide bonds. The normalized spacial score (nSPS) is 13.3. The highest BCUT2D eigenvalue weighted by atomic mass is 19.4. The van der Waals surface area contributed by atoms with E-state index in [1.54, 1.807) is 12.1 Å². The molecular formula is C12H12F3NO4. The smallest absolute Gasteiger partial charge is 0.478 e. The summed E-state index contributed by atoms with van der Waals surface area (Å²) < 4.78 is 31.7. The summed E-state index contributed by atoms with van der Waals surface area (Å²) in [5, 5.41) is 19.1. The predicted octanol–water partition coefficient (Wildman–Crippen LogP) is 2.38. The number of alkyl halides is 3. The molecule has 1 aromatic rings. The highest BCUT2D eigenvalue weighted by molar-refractivity contribution is 5.88. The molecule has 0 radical (unpaired) electrons. The van der Waals surface area contributed by atoms with Crippen LogP contribution >= 0.6 is 0 Å². The number of aliphatic carboxylic acids is 1. The van der Waals surface area contributed by atoms with Crippen molar-refractivity contribution in [3.63, 3.8) is 0 Å². The van der Waals surface area contributed by atoms with Gasteiger partial charge in [0.05, 0.1) is 5.56 Å². The fourth-order valence-corrected chi connectivity index (χ4v) is 1.61. The summed E-state index contributed by atoms with van der Waals surface area (Å²) in [6, 6.07) is 5.24. The molecule has 8 heteroatoms. The van der Waals surface area contributed by atoms with Crippen LogP contribution < -0.4 is 5.32 Å². The van der Waals surface area contributed by atoms with Gasteiger partial charge in [0.1, 0.15) is 0 Å². The van der Waals surface area contributed by atoms with Crippen LogP contribution in [0.1, 0.15) is 22.3 Å². The van der Waals surface area contributed by atoms with Gasteiger partial charge in [-0.15, -0.1) is 0 Å². The summed E-state index contributed by atoms with van der Waals surface area (Å²) >= 11 is 0. The highest BCUT2D eigenvalue weighted by Crippen LogP contribution is 2.22. The van der Waals surface area contributed by atoms with Crippen LogP contribution in [-0.4, -0.2) is 34.9 Å². The number of rotatable bonds is 1. The third kappa shape index (κ3) is 4.45. The van der Waals surface area contributed by atoms with Gasteiger partial charge in [-0.3, -0.25) is 0 Å². The zero-order chi connectivity index (χ0) is 15.3. The van der Waals surface area contributed by atoms with Crippen molar-refractivity contribution in [1.29, 1.82) is 0 Å². The Morgan fingerprint density at radius 2 is 1.80 bits per heavy atom. The Balaban J connectivity index is 0.000000246. The Morgan fingerprint density at radius 1 is 1.20 bits per heavy atom. The maximum Gasteiger partial charge on any atom is 0.490 e. The third-order valence-corrected chi connectivity index (χ3v) is 2.53. The highest BCUT2D eigenvalue weighted by Gasteiger charge is 2.38. The Labute approximate surface area is 112 Å². The van der Waals surface area contributed by atoms with Crippen molar-refractivity contribution in [2.24, 2.45) is 0 Å². The minimum absolute atomic E-state index is 0.377. The van der Waals surface area contributed by atoms with Crippen LogP contribution in [-0.2, 0) is 11.2 Å². The number of aryl methyl sites for hydroxylation is 1. The maximum absolute atomic E-state index is 10.7. The Hall–Kier alpha value is -2.25. The molecule has 0 spiro atoms. The quantitative estimate of drug-likeness (QED) is 0.739. The number of hydrogen-bond acceptors (Lipinski definition) is 3. The van der Waals surface area contributed by atoms with Crippen LogP contribution in [0, 0.1) is 0 Å². The topological polar surface area (TPSA) is 86.6 Å². The molecule has 0 saturated carbocycles. The lowest BCUT2D eigenvalue weighted by molar-refractivity contribution is -0.192. The number of hydrogen-bond donors (Lipinski definition) is 3. The number of carboxylic acids is 2. The van der Waals surface area contributed by atoms with E-state index in [4.69, 9.17) is 15.0 Å². The summed E-state index contributed by atoms with van der Waals surface area (Å²) in [6.07, 6.45) is -3.03. The molecule has 2 rings (SSSR count). The maximum atomic E-state index is 10.7. The van der Waals surface area contributed by atoms with Crippen LogP contribution in [0.3, 0.4) is 0 Å². The van der Waals surface area contributed by atoms with E-state index in [-0.39, 0.29) is 0 Å². The van der Waals surface area contributed by atoms with Crippen LogP contribution in [0.25, 0.3) is 0 Å². The van der Waals surface area contributed by atoms with Gasteiger partial charge in [0.15, 0.2) is 0 Å². The number of aromatic carboxylic acids is 1. The average molecular weight is 291 g/mol. The van der Waals surface area contributed by atoms with Crippen molar-refractivity contribution in [3.8, 4) is 0 Å². The summed E-state index contributed by atoms with van der Waals surface area (Å²) in [5.74, 6) is -3.61. The lowest BCUT2D eigenvalue weighted by Gasteiger charge is -2.17. The molecule has 0 unspecified atom stereocenters. The average Bonchev–Trinajstić information content (AvgIpc) is 2.37. The van der Waals surface area contributed by atoms with Crippen molar-refractivity contribution < 1.29 is 33.0 Å². The number of anilines is 1. The number of nitrogens with one attached hydrogen (secondary N) is 1. The van der Waals surface area contributed by atoms with Crippen LogP contribution in [0.4, 0.5) is 18.9 Å². The molecule has 0 aliphatic carbocycles. The summed E-state index contributed by atoms with van der Waals surface area (Å²) in [5.41, 5.74) is 2.57. The molecule has 1 aromatic carbocycles. The SMILES string of the molecule is O=C(O)C(F)(F)F.O=C(O)c1ccc2c(c1)CCCN2. The van der Waals surface area contributed by atoms with E-state index in [9.17, 15) is 18.0 Å². The van der Waals surface area contributed by atoms with Crippen molar-refractivity contribution in [2.75, 3.05) is 11.9 Å². The molecule has 0 fully saturated rings. The van der Waals surface area contributed by atoms with E-state index in [1.165, 1.54) is 0 Å². The molecule has 110 valence electrons. The largest absolute Gasteiger partial charge is 0.490 e. The van der Waals surface area contributed by atoms with Gasteiger partial charge in [-0.2, -0.15) is 13.2 Å². The second-order valence-electron chi connectivity index (χ2n) is 4.01. The fraction of sp³-hybridized carbons (Fsp3) is 0.333. The molecule has 0 atom stereocenters. The number of benzene rings is 1. The zero-order valence-corrected chi connectivity index (χ0v) is 10.2. The first-order valence-corrected chi connectivity index (χ1v) is 5.62. The minimum atomic E-state index is -5.08. The van der Waals surface area contributed by atoms with E-state index >= 15 is 0 Å². The molecule has 1 aliphatic heterocycles. The first-order valence-electron chi connectivity index (χ1n) is 5.62. The molecule has 0 saturated heterocycles. The second kappa shape index (κ2) is 6.27. The zero-order valence-electron chi connectivity index (χ0n) is 10.2. The van der Waals surface area contributed by atoms with Gasteiger partial charge in [0.25, 0.3) is 0 Å². The van der Waals surface area contributed by atoms with E-state index in [1.807, 2.05) is 6.07 Å². The number of halogens is 3. The third-order valence-electron chi connectivity index (χ3n) is 2.53. The van der Waals surface area contributed by atoms with Crippen molar-refractivity contribution >= 4 is 17.6 Å². The van der Waals surface area contributed by atoms with E-state index in [2.05, 4.69) is 5.32 Å². The van der Waals surface area contributed by atoms with E-state index in [0.29, 0.717) is 5.56 Å².